The van der Waals surface area contributed by atoms with Crippen LogP contribution in [0.2, 0.25) is 0 Å². The molecule has 0 unspecified atom stereocenters. The lowest BCUT2D eigenvalue weighted by Crippen LogP contribution is -2.37. The fourth-order valence-electron chi connectivity index (χ4n) is 2.65. The normalized spacial score (nSPS) is 18.9. The van der Waals surface area contributed by atoms with Crippen LogP contribution in [-0.4, -0.2) is 15.0 Å². The second-order valence-electron chi connectivity index (χ2n) is 5.89. The Morgan fingerprint density at radius 1 is 1.30 bits per heavy atom. The number of sulfonamides is 1. The van der Waals surface area contributed by atoms with E-state index < -0.39 is 10.0 Å². The molecule has 4 nitrogen and oxygen atoms in total. The summed E-state index contributed by atoms with van der Waals surface area (Å²) in [6.07, 6.45) is 5.77. The highest BCUT2D eigenvalue weighted by atomic mass is 79.9. The third kappa shape index (κ3) is 3.74. The Morgan fingerprint density at radius 3 is 2.60 bits per heavy atom. The molecule has 1 aliphatic carbocycles. The van der Waals surface area contributed by atoms with Gasteiger partial charge in [0.1, 0.15) is 0 Å². The molecule has 0 spiro atoms. The van der Waals surface area contributed by atoms with Crippen molar-refractivity contribution in [1.29, 1.82) is 0 Å². The van der Waals surface area contributed by atoms with Crippen molar-refractivity contribution in [2.75, 3.05) is 12.3 Å². The first-order valence-corrected chi connectivity index (χ1v) is 9.15. The maximum atomic E-state index is 12.4. The molecule has 2 rings (SSSR count). The van der Waals surface area contributed by atoms with Gasteiger partial charge in [-0.05, 0) is 52.4 Å². The third-order valence-electron chi connectivity index (χ3n) is 3.99. The highest BCUT2D eigenvalue weighted by Crippen LogP contribution is 2.35. The van der Waals surface area contributed by atoms with E-state index in [0.29, 0.717) is 16.7 Å². The van der Waals surface area contributed by atoms with E-state index in [-0.39, 0.29) is 10.3 Å². The van der Waals surface area contributed by atoms with Crippen LogP contribution in [0.5, 0.6) is 0 Å². The first-order valence-electron chi connectivity index (χ1n) is 6.87. The van der Waals surface area contributed by atoms with E-state index in [0.717, 1.165) is 12.8 Å². The average molecular weight is 361 g/mol. The number of nitrogens with one attached hydrogen (secondary N) is 1. The standard InChI is InChI=1S/C14H21BrN2O2S/c1-14(7-3-2-4-8-14)10-17-20(18,19)13-9-11(16)5-6-12(13)15/h5-6,9,17H,2-4,7-8,10,16H2,1H3. The summed E-state index contributed by atoms with van der Waals surface area (Å²) in [4.78, 5) is 0.205. The average Bonchev–Trinajstić information content (AvgIpc) is 2.40. The Hall–Kier alpha value is -0.590. The molecule has 0 heterocycles. The maximum Gasteiger partial charge on any atom is 0.241 e. The van der Waals surface area contributed by atoms with Crippen molar-refractivity contribution < 1.29 is 8.42 Å². The lowest BCUT2D eigenvalue weighted by molar-refractivity contribution is 0.219. The monoisotopic (exact) mass is 360 g/mol. The van der Waals surface area contributed by atoms with Gasteiger partial charge in [-0.3, -0.25) is 0 Å². The number of hydrogen-bond donors (Lipinski definition) is 2. The molecule has 1 aliphatic rings. The molecule has 0 saturated heterocycles. The Morgan fingerprint density at radius 2 is 1.95 bits per heavy atom. The van der Waals surface area contributed by atoms with Gasteiger partial charge >= 0.3 is 0 Å². The molecular formula is C14H21BrN2O2S. The molecule has 0 amide bonds. The van der Waals surface area contributed by atoms with E-state index in [1.54, 1.807) is 12.1 Å². The van der Waals surface area contributed by atoms with Crippen molar-refractivity contribution in [3.05, 3.63) is 22.7 Å². The zero-order chi connectivity index (χ0) is 14.8. The number of nitrogen functional groups attached to an aromatic ring is 1. The van der Waals surface area contributed by atoms with Gasteiger partial charge in [0.25, 0.3) is 0 Å². The molecule has 1 aromatic carbocycles. The lowest BCUT2D eigenvalue weighted by Gasteiger charge is -2.33. The van der Waals surface area contributed by atoms with Gasteiger partial charge in [0.05, 0.1) is 4.90 Å². The minimum absolute atomic E-state index is 0.0676. The molecule has 20 heavy (non-hydrogen) atoms. The summed E-state index contributed by atoms with van der Waals surface area (Å²) in [5.74, 6) is 0. The van der Waals surface area contributed by atoms with Crippen LogP contribution in [-0.2, 0) is 10.0 Å². The van der Waals surface area contributed by atoms with Crippen LogP contribution in [0, 0.1) is 5.41 Å². The second-order valence-corrected chi connectivity index (χ2v) is 8.48. The summed E-state index contributed by atoms with van der Waals surface area (Å²) in [6.45, 7) is 2.64. The Balaban J connectivity index is 2.13. The summed E-state index contributed by atoms with van der Waals surface area (Å²) >= 11 is 3.27. The molecule has 112 valence electrons. The van der Waals surface area contributed by atoms with Crippen molar-refractivity contribution >= 4 is 31.6 Å². The first kappa shape index (κ1) is 15.8. The number of halogens is 1. The second kappa shape index (κ2) is 6.03. The van der Waals surface area contributed by atoms with Crippen LogP contribution < -0.4 is 10.5 Å². The van der Waals surface area contributed by atoms with E-state index in [2.05, 4.69) is 27.6 Å². The van der Waals surface area contributed by atoms with Crippen LogP contribution in [0.15, 0.2) is 27.6 Å². The molecule has 0 atom stereocenters. The summed E-state index contributed by atoms with van der Waals surface area (Å²) < 4.78 is 28.1. The van der Waals surface area contributed by atoms with Crippen LogP contribution in [0.4, 0.5) is 5.69 Å². The summed E-state index contributed by atoms with van der Waals surface area (Å²) in [5, 5.41) is 0. The summed E-state index contributed by atoms with van der Waals surface area (Å²) in [7, 11) is -3.53. The number of hydrogen-bond acceptors (Lipinski definition) is 3. The lowest BCUT2D eigenvalue weighted by atomic mass is 9.76. The number of nitrogens with two attached hydrogens (primary N) is 1. The zero-order valence-corrected chi connectivity index (χ0v) is 14.1. The Labute approximate surface area is 129 Å². The summed E-state index contributed by atoms with van der Waals surface area (Å²) in [6, 6.07) is 4.81. The molecule has 1 aromatic rings. The van der Waals surface area contributed by atoms with Gasteiger partial charge in [-0.2, -0.15) is 0 Å². The van der Waals surface area contributed by atoms with E-state index >= 15 is 0 Å². The highest BCUT2D eigenvalue weighted by Gasteiger charge is 2.29. The Kier molecular flexibility index (Phi) is 4.76. The van der Waals surface area contributed by atoms with Gasteiger partial charge in [0.2, 0.25) is 10.0 Å². The van der Waals surface area contributed by atoms with Gasteiger partial charge in [-0.1, -0.05) is 26.2 Å². The van der Waals surface area contributed by atoms with Crippen molar-refractivity contribution in [3.63, 3.8) is 0 Å². The molecule has 0 radical (unpaired) electrons. The molecule has 0 bridgehead atoms. The largest absolute Gasteiger partial charge is 0.399 e. The maximum absolute atomic E-state index is 12.4. The fraction of sp³-hybridized carbons (Fsp3) is 0.571. The third-order valence-corrected chi connectivity index (χ3v) is 6.39. The van der Waals surface area contributed by atoms with Crippen molar-refractivity contribution in [1.82, 2.24) is 4.72 Å². The van der Waals surface area contributed by atoms with Gasteiger partial charge in [-0.15, -0.1) is 0 Å². The number of anilines is 1. The molecule has 3 N–H and O–H groups in total. The van der Waals surface area contributed by atoms with Gasteiger partial charge in [0.15, 0.2) is 0 Å². The Bertz CT molecular complexity index is 581. The smallest absolute Gasteiger partial charge is 0.241 e. The number of rotatable bonds is 4. The molecule has 1 saturated carbocycles. The topological polar surface area (TPSA) is 72.2 Å². The molecule has 0 aromatic heterocycles. The zero-order valence-electron chi connectivity index (χ0n) is 11.7. The van der Waals surface area contributed by atoms with E-state index in [9.17, 15) is 8.42 Å². The van der Waals surface area contributed by atoms with Gasteiger partial charge in [0, 0.05) is 16.7 Å². The van der Waals surface area contributed by atoms with E-state index in [4.69, 9.17) is 5.73 Å². The molecule has 0 aliphatic heterocycles. The van der Waals surface area contributed by atoms with E-state index in [1.165, 1.54) is 25.3 Å². The fourth-order valence-corrected chi connectivity index (χ4v) is 4.85. The quantitative estimate of drug-likeness (QED) is 0.809. The van der Waals surface area contributed by atoms with Crippen LogP contribution in [0.3, 0.4) is 0 Å². The van der Waals surface area contributed by atoms with E-state index in [1.807, 2.05) is 0 Å². The molecule has 6 heteroatoms. The summed E-state index contributed by atoms with van der Waals surface area (Å²) in [5.41, 5.74) is 6.19. The predicted octanol–water partition coefficient (Wildman–Crippen LogP) is 3.28. The van der Waals surface area contributed by atoms with Crippen molar-refractivity contribution in [2.24, 2.45) is 5.41 Å². The van der Waals surface area contributed by atoms with Crippen molar-refractivity contribution in [2.45, 2.75) is 43.9 Å². The number of benzene rings is 1. The molecule has 1 fully saturated rings. The van der Waals surface area contributed by atoms with Crippen LogP contribution >= 0.6 is 15.9 Å². The van der Waals surface area contributed by atoms with Gasteiger partial charge in [-0.25, -0.2) is 13.1 Å². The highest BCUT2D eigenvalue weighted by molar-refractivity contribution is 9.10. The predicted molar refractivity (Wildman–Crippen MR) is 84.9 cm³/mol. The minimum atomic E-state index is -3.53. The van der Waals surface area contributed by atoms with Crippen LogP contribution in [0.25, 0.3) is 0 Å². The molecular weight excluding hydrogens is 340 g/mol. The minimum Gasteiger partial charge on any atom is -0.399 e. The van der Waals surface area contributed by atoms with Gasteiger partial charge < -0.3 is 5.73 Å². The van der Waals surface area contributed by atoms with Crippen molar-refractivity contribution in [3.8, 4) is 0 Å². The first-order chi connectivity index (χ1) is 9.32. The van der Waals surface area contributed by atoms with Crippen LogP contribution in [0.1, 0.15) is 39.0 Å². The SMILES string of the molecule is CC1(CNS(=O)(=O)c2cc(N)ccc2Br)CCCCC1.